The average molecular weight is 486 g/mol. The first-order chi connectivity index (χ1) is 16.8. The molecule has 2 amide bonds. The number of hydrogen-bond donors (Lipinski definition) is 4. The molecule has 2 aromatic rings. The van der Waals surface area contributed by atoms with E-state index in [1.54, 1.807) is 22.6 Å². The van der Waals surface area contributed by atoms with Crippen LogP contribution in [0.25, 0.3) is 11.7 Å². The SMILES string of the molecule is CNc1[nH]n2c(=O)c(C(=O)NC3CC3)c(O)[n+](CC(C)C)c2c1/C=C/C(=O)N1CC2CCC(C1)O2. The van der Waals surface area contributed by atoms with E-state index in [9.17, 15) is 19.5 Å². The fourth-order valence-electron chi connectivity index (χ4n) is 4.94. The summed E-state index contributed by atoms with van der Waals surface area (Å²) in [6.07, 6.45) is 6.99. The molecule has 0 spiro atoms. The summed E-state index contributed by atoms with van der Waals surface area (Å²) in [7, 11) is 1.70. The van der Waals surface area contributed by atoms with Crippen LogP contribution in [0.4, 0.5) is 5.82 Å². The van der Waals surface area contributed by atoms with Crippen molar-refractivity contribution in [3.63, 3.8) is 0 Å². The number of nitrogens with zero attached hydrogens (tertiary/aromatic N) is 3. The number of fused-ring (bicyclic) bond motifs is 3. The molecule has 2 atom stereocenters. The van der Waals surface area contributed by atoms with Gasteiger partial charge < -0.3 is 25.4 Å². The van der Waals surface area contributed by atoms with Crippen LogP contribution in [0.1, 0.15) is 55.5 Å². The van der Waals surface area contributed by atoms with E-state index >= 15 is 0 Å². The number of anilines is 1. The van der Waals surface area contributed by atoms with E-state index in [-0.39, 0.29) is 41.5 Å². The lowest BCUT2D eigenvalue weighted by Gasteiger charge is -2.31. The molecule has 1 saturated carbocycles. The van der Waals surface area contributed by atoms with Gasteiger partial charge in [0.1, 0.15) is 5.56 Å². The summed E-state index contributed by atoms with van der Waals surface area (Å²) in [5.41, 5.74) is -0.0314. The first-order valence-corrected chi connectivity index (χ1v) is 12.3. The molecule has 11 nitrogen and oxygen atoms in total. The number of aromatic nitrogens is 3. The predicted octanol–water partition coefficient (Wildman–Crippen LogP) is 0.614. The van der Waals surface area contributed by atoms with Gasteiger partial charge in [-0.25, -0.2) is 9.89 Å². The van der Waals surface area contributed by atoms with E-state index in [1.807, 2.05) is 13.8 Å². The summed E-state index contributed by atoms with van der Waals surface area (Å²) < 4.78 is 8.64. The van der Waals surface area contributed by atoms with Crippen molar-refractivity contribution in [2.45, 2.75) is 64.3 Å². The smallest absolute Gasteiger partial charge is 0.378 e. The number of ether oxygens (including phenoxy) is 1. The van der Waals surface area contributed by atoms with Crippen molar-refractivity contribution in [3.05, 3.63) is 27.6 Å². The Hall–Kier alpha value is -3.34. The Kier molecular flexibility index (Phi) is 6.04. The zero-order valence-electron chi connectivity index (χ0n) is 20.3. The van der Waals surface area contributed by atoms with Crippen LogP contribution in [-0.2, 0) is 16.1 Å². The van der Waals surface area contributed by atoms with Crippen molar-refractivity contribution in [2.24, 2.45) is 5.92 Å². The molecule has 35 heavy (non-hydrogen) atoms. The van der Waals surface area contributed by atoms with Crippen LogP contribution >= 0.6 is 0 Å². The molecule has 2 bridgehead atoms. The third kappa shape index (κ3) is 4.40. The monoisotopic (exact) mass is 485 g/mol. The molecule has 2 unspecified atom stereocenters. The molecular weight excluding hydrogens is 452 g/mol. The number of morpholine rings is 1. The van der Waals surface area contributed by atoms with E-state index < -0.39 is 11.5 Å². The number of hydrogen-bond acceptors (Lipinski definition) is 6. The number of rotatable bonds is 7. The number of amides is 2. The topological polar surface area (TPSA) is 132 Å². The van der Waals surface area contributed by atoms with Gasteiger partial charge in [-0.05, 0) is 37.7 Å². The van der Waals surface area contributed by atoms with E-state index in [0.717, 1.165) is 25.7 Å². The van der Waals surface area contributed by atoms with Gasteiger partial charge in [-0.15, -0.1) is 0 Å². The van der Waals surface area contributed by atoms with Crippen molar-refractivity contribution in [1.82, 2.24) is 19.8 Å². The molecule has 188 valence electrons. The molecule has 2 saturated heterocycles. The molecule has 1 aliphatic carbocycles. The van der Waals surface area contributed by atoms with Crippen LogP contribution in [0.5, 0.6) is 5.88 Å². The van der Waals surface area contributed by atoms with Crippen LogP contribution in [-0.4, -0.2) is 69.8 Å². The van der Waals surface area contributed by atoms with Crippen molar-refractivity contribution < 1.29 is 24.0 Å². The van der Waals surface area contributed by atoms with Crippen LogP contribution in [0.3, 0.4) is 0 Å². The van der Waals surface area contributed by atoms with Gasteiger partial charge in [-0.2, -0.15) is 4.57 Å². The molecule has 11 heteroatoms. The van der Waals surface area contributed by atoms with Gasteiger partial charge in [0.2, 0.25) is 11.5 Å². The Morgan fingerprint density at radius 3 is 2.51 bits per heavy atom. The summed E-state index contributed by atoms with van der Waals surface area (Å²) in [6.45, 7) is 5.46. The molecule has 2 aromatic heterocycles. The first-order valence-electron chi connectivity index (χ1n) is 12.3. The first kappa shape index (κ1) is 23.4. The maximum atomic E-state index is 13.3. The quantitative estimate of drug-likeness (QED) is 0.336. The summed E-state index contributed by atoms with van der Waals surface area (Å²) in [6, 6.07) is 0.0389. The number of nitrogens with one attached hydrogen (secondary N) is 3. The molecule has 0 aromatic carbocycles. The Morgan fingerprint density at radius 1 is 1.23 bits per heavy atom. The maximum absolute atomic E-state index is 13.3. The van der Waals surface area contributed by atoms with Crippen LogP contribution in [0, 0.1) is 5.92 Å². The number of likely N-dealkylation sites (tertiary alicyclic amines) is 1. The van der Waals surface area contributed by atoms with Crippen molar-refractivity contribution in [3.8, 4) is 5.88 Å². The van der Waals surface area contributed by atoms with E-state index in [0.29, 0.717) is 36.7 Å². The lowest BCUT2D eigenvalue weighted by molar-refractivity contribution is -0.686. The Labute approximate surface area is 202 Å². The lowest BCUT2D eigenvalue weighted by Crippen LogP contribution is -2.46. The van der Waals surface area contributed by atoms with Gasteiger partial charge in [-0.1, -0.05) is 18.4 Å². The Bertz CT molecular complexity index is 1250. The third-order valence-electron chi connectivity index (χ3n) is 6.78. The van der Waals surface area contributed by atoms with Crippen molar-refractivity contribution in [1.29, 1.82) is 0 Å². The normalized spacial score (nSPS) is 21.9. The summed E-state index contributed by atoms with van der Waals surface area (Å²) in [5, 5.41) is 19.9. The Balaban J connectivity index is 1.57. The van der Waals surface area contributed by atoms with Crippen LogP contribution in [0.2, 0.25) is 0 Å². The second kappa shape index (κ2) is 9.03. The fraction of sp³-hybridized carbons (Fsp3) is 0.583. The molecule has 3 aliphatic rings. The van der Waals surface area contributed by atoms with Crippen LogP contribution in [0.15, 0.2) is 10.9 Å². The lowest BCUT2D eigenvalue weighted by atomic mass is 10.2. The average Bonchev–Trinajstić information content (AvgIpc) is 3.46. The third-order valence-corrected chi connectivity index (χ3v) is 6.78. The maximum Gasteiger partial charge on any atom is 0.378 e. The highest BCUT2D eigenvalue weighted by molar-refractivity contribution is 5.96. The predicted molar refractivity (Wildman–Crippen MR) is 128 cm³/mol. The summed E-state index contributed by atoms with van der Waals surface area (Å²) >= 11 is 0. The Morgan fingerprint density at radius 2 is 1.91 bits per heavy atom. The van der Waals surface area contributed by atoms with Crippen molar-refractivity contribution >= 4 is 29.4 Å². The number of aromatic amines is 1. The van der Waals surface area contributed by atoms with Gasteiger partial charge in [0, 0.05) is 32.3 Å². The molecule has 4 N–H and O–H groups in total. The van der Waals surface area contributed by atoms with Crippen LogP contribution < -0.4 is 20.8 Å². The molecule has 0 radical (unpaired) electrons. The second-order valence-electron chi connectivity index (χ2n) is 10.1. The molecular formula is C24H33N6O5+. The zero-order chi connectivity index (χ0) is 24.9. The molecule has 4 heterocycles. The van der Waals surface area contributed by atoms with E-state index in [2.05, 4.69) is 15.7 Å². The fourth-order valence-corrected chi connectivity index (χ4v) is 4.94. The molecule has 3 fully saturated rings. The van der Waals surface area contributed by atoms with Gasteiger partial charge in [-0.3, -0.25) is 9.59 Å². The molecule has 5 rings (SSSR count). The standard InChI is InChI=1S/C24H32N6O5/c1-13(2)10-29-22-17(8-9-18(31)28-11-15-6-7-16(12-28)35-15)20(25-3)27-30(22)24(34)19(23(29)33)21(32)26-14-4-5-14/h8-9,13-16H,4-7,10-12H2,1-3H3,(H3,25,26,27,32,33,34)/p+1/b9-8+. The second-order valence-corrected chi connectivity index (χ2v) is 10.1. The van der Waals surface area contributed by atoms with E-state index in [1.165, 1.54) is 10.6 Å². The highest BCUT2D eigenvalue weighted by atomic mass is 16.5. The highest BCUT2D eigenvalue weighted by Gasteiger charge is 2.37. The zero-order valence-corrected chi connectivity index (χ0v) is 20.3. The summed E-state index contributed by atoms with van der Waals surface area (Å²) in [4.78, 5) is 40.9. The molecule has 2 aliphatic heterocycles. The van der Waals surface area contributed by atoms with Gasteiger partial charge in [0.05, 0.1) is 18.8 Å². The number of H-pyrrole nitrogens is 1. The largest absolute Gasteiger partial charge is 0.477 e. The van der Waals surface area contributed by atoms with Gasteiger partial charge in [0.25, 0.3) is 5.91 Å². The number of carbonyl (C=O) groups excluding carboxylic acids is 2. The van der Waals surface area contributed by atoms with Gasteiger partial charge >= 0.3 is 17.1 Å². The highest BCUT2D eigenvalue weighted by Crippen LogP contribution is 2.27. The van der Waals surface area contributed by atoms with E-state index in [4.69, 9.17) is 4.74 Å². The summed E-state index contributed by atoms with van der Waals surface area (Å²) in [5.74, 6) is -0.494. The minimum Gasteiger partial charge on any atom is -0.477 e. The minimum atomic E-state index is -0.650. The van der Waals surface area contributed by atoms with Gasteiger partial charge in [0.15, 0.2) is 5.82 Å². The minimum absolute atomic E-state index is 0.0389. The van der Waals surface area contributed by atoms with Crippen molar-refractivity contribution in [2.75, 3.05) is 25.5 Å². The number of carbonyl (C=O) groups is 2. The number of aromatic hydroxyl groups is 1.